The molecule has 1 aliphatic heterocycles. The first-order valence-electron chi connectivity index (χ1n) is 10.5. The van der Waals surface area contributed by atoms with Crippen molar-refractivity contribution in [1.82, 2.24) is 19.9 Å². The SMILES string of the molecule is COc1cc2[nH]c(=O)c(-c3nc4cc(N5CCN(C)CC5)ccc4[nH]3)c(N)c2cc1OC. The van der Waals surface area contributed by atoms with Gasteiger partial charge in [-0.15, -0.1) is 0 Å². The summed E-state index contributed by atoms with van der Waals surface area (Å²) in [5.41, 5.74) is 10.1. The largest absolute Gasteiger partial charge is 0.493 e. The van der Waals surface area contributed by atoms with Crippen LogP contribution in [0.1, 0.15) is 0 Å². The number of ether oxygens (including phenoxy) is 2. The second kappa shape index (κ2) is 7.76. The van der Waals surface area contributed by atoms with Crippen molar-refractivity contribution in [2.24, 2.45) is 0 Å². The van der Waals surface area contributed by atoms with Gasteiger partial charge in [-0.1, -0.05) is 0 Å². The Labute approximate surface area is 184 Å². The molecule has 1 saturated heterocycles. The Bertz CT molecular complexity index is 1370. The second-order valence-electron chi connectivity index (χ2n) is 8.07. The predicted molar refractivity (Wildman–Crippen MR) is 127 cm³/mol. The Morgan fingerprint density at radius 1 is 0.969 bits per heavy atom. The molecule has 5 rings (SSSR count). The van der Waals surface area contributed by atoms with Crippen LogP contribution in [0.25, 0.3) is 33.3 Å². The molecule has 32 heavy (non-hydrogen) atoms. The molecule has 2 aromatic heterocycles. The van der Waals surface area contributed by atoms with Crippen molar-refractivity contribution in [3.63, 3.8) is 0 Å². The first-order valence-corrected chi connectivity index (χ1v) is 10.5. The first-order chi connectivity index (χ1) is 15.5. The minimum atomic E-state index is -0.319. The number of aromatic nitrogens is 3. The van der Waals surface area contributed by atoms with E-state index in [0.29, 0.717) is 39.5 Å². The normalized spacial score (nSPS) is 14.9. The summed E-state index contributed by atoms with van der Waals surface area (Å²) in [6.45, 7) is 4.01. The third-order valence-electron chi connectivity index (χ3n) is 6.13. The van der Waals surface area contributed by atoms with E-state index in [9.17, 15) is 4.79 Å². The molecular formula is C23H26N6O3. The minimum absolute atomic E-state index is 0.307. The lowest BCUT2D eigenvalue weighted by Crippen LogP contribution is -2.44. The number of H-pyrrole nitrogens is 2. The van der Waals surface area contributed by atoms with Crippen molar-refractivity contribution in [2.45, 2.75) is 0 Å². The number of nitrogens with one attached hydrogen (secondary N) is 2. The summed E-state index contributed by atoms with van der Waals surface area (Å²) in [6, 6.07) is 9.60. The lowest BCUT2D eigenvalue weighted by molar-refractivity contribution is 0.313. The summed E-state index contributed by atoms with van der Waals surface area (Å²) in [6.07, 6.45) is 0. The van der Waals surface area contributed by atoms with Crippen molar-refractivity contribution in [3.05, 3.63) is 40.7 Å². The highest BCUT2D eigenvalue weighted by Crippen LogP contribution is 2.36. The van der Waals surface area contributed by atoms with Crippen molar-refractivity contribution in [2.75, 3.05) is 58.1 Å². The van der Waals surface area contributed by atoms with E-state index in [0.717, 1.165) is 42.9 Å². The summed E-state index contributed by atoms with van der Waals surface area (Å²) >= 11 is 0. The van der Waals surface area contributed by atoms with Crippen LogP contribution < -0.4 is 25.7 Å². The standard InChI is InChI=1S/C23H26N6O3/c1-28-6-8-29(9-7-28)13-4-5-15-17(10-13)26-22(25-15)20-21(24)14-11-18(31-2)19(32-3)12-16(14)27-23(20)30/h4-5,10-12H,6-9H2,1-3H3,(H,25,26)(H3,24,27,30). The lowest BCUT2D eigenvalue weighted by Gasteiger charge is -2.34. The van der Waals surface area contributed by atoms with Crippen molar-refractivity contribution >= 4 is 33.3 Å². The molecular weight excluding hydrogens is 408 g/mol. The van der Waals surface area contributed by atoms with Crippen LogP contribution in [0.5, 0.6) is 11.5 Å². The highest BCUT2D eigenvalue weighted by Gasteiger charge is 2.19. The van der Waals surface area contributed by atoms with E-state index in [1.165, 1.54) is 0 Å². The number of nitrogens with two attached hydrogens (primary N) is 1. The molecule has 2 aromatic carbocycles. The fourth-order valence-electron chi connectivity index (χ4n) is 4.26. The molecule has 1 fully saturated rings. The average molecular weight is 435 g/mol. The number of fused-ring (bicyclic) bond motifs is 2. The van der Waals surface area contributed by atoms with E-state index in [4.69, 9.17) is 20.2 Å². The van der Waals surface area contributed by atoms with Gasteiger partial charge in [-0.3, -0.25) is 4.79 Å². The molecule has 0 radical (unpaired) electrons. The smallest absolute Gasteiger partial charge is 0.261 e. The van der Waals surface area contributed by atoms with E-state index < -0.39 is 0 Å². The van der Waals surface area contributed by atoms with Crippen molar-refractivity contribution in [3.8, 4) is 22.9 Å². The number of imidazole rings is 1. The Kier molecular flexibility index (Phi) is 4.90. The van der Waals surface area contributed by atoms with Gasteiger partial charge >= 0.3 is 0 Å². The third-order valence-corrected chi connectivity index (χ3v) is 6.13. The Hall–Kier alpha value is -3.72. The number of nitrogen functional groups attached to an aromatic ring is 1. The molecule has 0 spiro atoms. The van der Waals surface area contributed by atoms with Gasteiger partial charge < -0.3 is 35.0 Å². The molecule has 3 heterocycles. The maximum Gasteiger partial charge on any atom is 0.261 e. The van der Waals surface area contributed by atoms with E-state index >= 15 is 0 Å². The predicted octanol–water partition coefficient (Wildman–Crippen LogP) is 2.42. The van der Waals surface area contributed by atoms with Crippen LogP contribution in [0.3, 0.4) is 0 Å². The minimum Gasteiger partial charge on any atom is -0.493 e. The second-order valence-corrected chi connectivity index (χ2v) is 8.07. The number of benzene rings is 2. The summed E-state index contributed by atoms with van der Waals surface area (Å²) in [4.78, 5) is 28.5. The van der Waals surface area contributed by atoms with E-state index in [2.05, 4.69) is 38.9 Å². The zero-order valence-corrected chi connectivity index (χ0v) is 18.4. The van der Waals surface area contributed by atoms with E-state index in [1.54, 1.807) is 26.4 Å². The molecule has 0 atom stereocenters. The summed E-state index contributed by atoms with van der Waals surface area (Å²) < 4.78 is 10.7. The van der Waals surface area contributed by atoms with Crippen LogP contribution >= 0.6 is 0 Å². The molecule has 166 valence electrons. The monoisotopic (exact) mass is 434 g/mol. The van der Waals surface area contributed by atoms with Gasteiger partial charge in [-0.2, -0.15) is 0 Å². The molecule has 0 aliphatic carbocycles. The topological polar surface area (TPSA) is 112 Å². The Balaban J connectivity index is 1.60. The van der Waals surface area contributed by atoms with Crippen LogP contribution in [0.2, 0.25) is 0 Å². The highest BCUT2D eigenvalue weighted by molar-refractivity contribution is 5.99. The van der Waals surface area contributed by atoms with E-state index in [1.807, 2.05) is 6.07 Å². The highest BCUT2D eigenvalue weighted by atomic mass is 16.5. The maximum absolute atomic E-state index is 12.9. The van der Waals surface area contributed by atoms with Gasteiger partial charge in [0.05, 0.1) is 36.5 Å². The first kappa shape index (κ1) is 20.2. The third kappa shape index (κ3) is 3.31. The fourth-order valence-corrected chi connectivity index (χ4v) is 4.26. The van der Waals surface area contributed by atoms with Crippen LogP contribution in [0.15, 0.2) is 35.1 Å². The molecule has 9 nitrogen and oxygen atoms in total. The van der Waals surface area contributed by atoms with Gasteiger partial charge in [-0.05, 0) is 31.3 Å². The molecule has 1 aliphatic rings. The zero-order chi connectivity index (χ0) is 22.4. The number of nitrogens with zero attached hydrogens (tertiary/aromatic N) is 3. The summed E-state index contributed by atoms with van der Waals surface area (Å²) in [5.74, 6) is 1.49. The number of hydrogen-bond acceptors (Lipinski definition) is 7. The molecule has 0 amide bonds. The molecule has 9 heteroatoms. The van der Waals surface area contributed by atoms with Crippen LogP contribution in [0.4, 0.5) is 11.4 Å². The quantitative estimate of drug-likeness (QED) is 0.452. The number of hydrogen-bond donors (Lipinski definition) is 3. The van der Waals surface area contributed by atoms with Gasteiger partial charge in [0.2, 0.25) is 0 Å². The van der Waals surface area contributed by atoms with Gasteiger partial charge in [0, 0.05) is 43.3 Å². The van der Waals surface area contributed by atoms with Crippen molar-refractivity contribution < 1.29 is 9.47 Å². The number of aromatic amines is 2. The summed E-state index contributed by atoms with van der Waals surface area (Å²) in [5, 5.41) is 0.663. The number of likely N-dealkylation sites (N-methyl/N-ethyl adjacent to an activating group) is 1. The average Bonchev–Trinajstić information content (AvgIpc) is 3.21. The number of anilines is 2. The molecule has 0 unspecified atom stereocenters. The molecule has 4 aromatic rings. The van der Waals surface area contributed by atoms with Crippen LogP contribution in [0, 0.1) is 0 Å². The van der Waals surface area contributed by atoms with Gasteiger partial charge in [-0.25, -0.2) is 4.98 Å². The Morgan fingerprint density at radius 3 is 2.41 bits per heavy atom. The fraction of sp³-hybridized carbons (Fsp3) is 0.304. The number of pyridine rings is 1. The molecule has 0 bridgehead atoms. The van der Waals surface area contributed by atoms with Gasteiger partial charge in [0.15, 0.2) is 11.5 Å². The van der Waals surface area contributed by atoms with Gasteiger partial charge in [0.25, 0.3) is 5.56 Å². The zero-order valence-electron chi connectivity index (χ0n) is 18.4. The molecule has 0 saturated carbocycles. The van der Waals surface area contributed by atoms with E-state index in [-0.39, 0.29) is 5.56 Å². The van der Waals surface area contributed by atoms with Crippen LogP contribution in [-0.4, -0.2) is 67.3 Å². The molecule has 4 N–H and O–H groups in total. The van der Waals surface area contributed by atoms with Crippen LogP contribution in [-0.2, 0) is 0 Å². The number of methoxy groups -OCH3 is 2. The Morgan fingerprint density at radius 2 is 1.69 bits per heavy atom. The van der Waals surface area contributed by atoms with Gasteiger partial charge in [0.1, 0.15) is 11.4 Å². The summed E-state index contributed by atoms with van der Waals surface area (Å²) in [7, 11) is 5.24. The maximum atomic E-state index is 12.9. The number of piperazine rings is 1. The van der Waals surface area contributed by atoms with Crippen molar-refractivity contribution in [1.29, 1.82) is 0 Å². The number of rotatable bonds is 4. The lowest BCUT2D eigenvalue weighted by atomic mass is 10.1.